The lowest BCUT2D eigenvalue weighted by Gasteiger charge is -1.94. The lowest BCUT2D eigenvalue weighted by atomic mass is 10.1. The first-order chi connectivity index (χ1) is 7.23. The molecule has 0 amide bonds. The summed E-state index contributed by atoms with van der Waals surface area (Å²) in [6.45, 7) is 0. The molecule has 4 nitrogen and oxygen atoms in total. The van der Waals surface area contributed by atoms with Gasteiger partial charge in [-0.15, -0.1) is 5.10 Å². The van der Waals surface area contributed by atoms with Crippen molar-refractivity contribution in [1.29, 1.82) is 5.26 Å². The molecule has 3 rings (SSSR count). The first-order valence-electron chi connectivity index (χ1n) is 4.67. The minimum Gasteiger partial charge on any atom is -0.221 e. The van der Waals surface area contributed by atoms with Crippen molar-refractivity contribution in [2.24, 2.45) is 0 Å². The number of pyridine rings is 1. The van der Waals surface area contributed by atoms with Crippen LogP contribution in [0.1, 0.15) is 18.7 Å². The zero-order valence-electron chi connectivity index (χ0n) is 7.81. The molecule has 0 saturated heterocycles. The highest BCUT2D eigenvalue weighted by Gasteiger charge is 2.48. The molecule has 15 heavy (non-hydrogen) atoms. The quantitative estimate of drug-likeness (QED) is 0.791. The SMILES string of the molecule is N#CC1(c2nc3cc(Br)ccn3n2)CC1. The average molecular weight is 263 g/mol. The fraction of sp³-hybridized carbons (Fsp3) is 0.300. The molecule has 2 heterocycles. The molecule has 0 atom stereocenters. The maximum atomic E-state index is 9.04. The number of fused-ring (bicyclic) bond motifs is 1. The van der Waals surface area contributed by atoms with Crippen LogP contribution in [0.4, 0.5) is 0 Å². The summed E-state index contributed by atoms with van der Waals surface area (Å²) in [5, 5.41) is 13.4. The van der Waals surface area contributed by atoms with Gasteiger partial charge in [-0.1, -0.05) is 15.9 Å². The monoisotopic (exact) mass is 262 g/mol. The normalized spacial score (nSPS) is 17.6. The highest BCUT2D eigenvalue weighted by atomic mass is 79.9. The van der Waals surface area contributed by atoms with Crippen LogP contribution >= 0.6 is 15.9 Å². The van der Waals surface area contributed by atoms with Crippen molar-refractivity contribution in [3.63, 3.8) is 0 Å². The van der Waals surface area contributed by atoms with Gasteiger partial charge in [0.25, 0.3) is 0 Å². The fourth-order valence-corrected chi connectivity index (χ4v) is 1.89. The smallest absolute Gasteiger partial charge is 0.171 e. The fourth-order valence-electron chi connectivity index (χ4n) is 1.57. The molecule has 0 unspecified atom stereocenters. The Morgan fingerprint density at radius 1 is 1.53 bits per heavy atom. The van der Waals surface area contributed by atoms with Crippen LogP contribution in [0.3, 0.4) is 0 Å². The van der Waals surface area contributed by atoms with Gasteiger partial charge in [0.05, 0.1) is 6.07 Å². The van der Waals surface area contributed by atoms with Crippen LogP contribution in [0, 0.1) is 11.3 Å². The highest BCUT2D eigenvalue weighted by Crippen LogP contribution is 2.45. The molecule has 0 bridgehead atoms. The molecule has 0 N–H and O–H groups in total. The minimum absolute atomic E-state index is 0.404. The van der Waals surface area contributed by atoms with Crippen molar-refractivity contribution in [3.8, 4) is 6.07 Å². The summed E-state index contributed by atoms with van der Waals surface area (Å²) in [5.74, 6) is 0.656. The molecule has 1 saturated carbocycles. The Hall–Kier alpha value is -1.41. The molecule has 0 radical (unpaired) electrons. The molecule has 2 aromatic rings. The second-order valence-corrected chi connectivity index (χ2v) is 4.69. The standard InChI is InChI=1S/C10H7BrN4/c11-7-1-4-15-8(5-7)13-9(14-15)10(6-12)2-3-10/h1,4-5H,2-3H2. The first-order valence-corrected chi connectivity index (χ1v) is 5.46. The van der Waals surface area contributed by atoms with Crippen LogP contribution in [-0.2, 0) is 5.41 Å². The van der Waals surface area contributed by atoms with Crippen LogP contribution in [0.5, 0.6) is 0 Å². The summed E-state index contributed by atoms with van der Waals surface area (Å²) in [4.78, 5) is 4.38. The van der Waals surface area contributed by atoms with E-state index in [1.807, 2.05) is 18.3 Å². The summed E-state index contributed by atoms with van der Waals surface area (Å²) >= 11 is 3.38. The molecule has 74 valence electrons. The summed E-state index contributed by atoms with van der Waals surface area (Å²) in [6.07, 6.45) is 3.59. The van der Waals surface area contributed by atoms with Gasteiger partial charge in [0.1, 0.15) is 5.41 Å². The van der Waals surface area contributed by atoms with Crippen molar-refractivity contribution in [1.82, 2.24) is 14.6 Å². The number of nitriles is 1. The van der Waals surface area contributed by atoms with E-state index in [1.165, 1.54) is 0 Å². The van der Waals surface area contributed by atoms with E-state index in [9.17, 15) is 0 Å². The molecular weight excluding hydrogens is 256 g/mol. The molecule has 2 aromatic heterocycles. The van der Waals surface area contributed by atoms with Gasteiger partial charge in [-0.3, -0.25) is 0 Å². The van der Waals surface area contributed by atoms with Gasteiger partial charge in [0, 0.05) is 10.7 Å². The van der Waals surface area contributed by atoms with Crippen LogP contribution < -0.4 is 0 Å². The Bertz CT molecular complexity index is 577. The van der Waals surface area contributed by atoms with E-state index in [4.69, 9.17) is 5.26 Å². The summed E-state index contributed by atoms with van der Waals surface area (Å²) in [5.41, 5.74) is 0.374. The third-order valence-electron chi connectivity index (χ3n) is 2.69. The molecule has 1 aliphatic rings. The summed E-state index contributed by atoms with van der Waals surface area (Å²) in [7, 11) is 0. The number of hydrogen-bond donors (Lipinski definition) is 0. The molecule has 1 aliphatic carbocycles. The first kappa shape index (κ1) is 8.86. The maximum absolute atomic E-state index is 9.04. The van der Waals surface area contributed by atoms with Gasteiger partial charge < -0.3 is 0 Å². The Kier molecular flexibility index (Phi) is 1.65. The van der Waals surface area contributed by atoms with Gasteiger partial charge in [-0.05, 0) is 25.0 Å². The van der Waals surface area contributed by atoms with Crippen LogP contribution in [0.15, 0.2) is 22.8 Å². The van der Waals surface area contributed by atoms with Crippen molar-refractivity contribution in [2.45, 2.75) is 18.3 Å². The van der Waals surface area contributed by atoms with Crippen molar-refractivity contribution in [2.75, 3.05) is 0 Å². The van der Waals surface area contributed by atoms with Crippen LogP contribution in [0.25, 0.3) is 5.65 Å². The molecular formula is C10H7BrN4. The predicted molar refractivity (Wildman–Crippen MR) is 57.2 cm³/mol. The van der Waals surface area contributed by atoms with Gasteiger partial charge in [0.15, 0.2) is 11.5 Å². The lowest BCUT2D eigenvalue weighted by molar-refractivity contribution is 0.784. The molecule has 5 heteroatoms. The zero-order valence-corrected chi connectivity index (χ0v) is 9.40. The molecule has 1 fully saturated rings. The zero-order chi connectivity index (χ0) is 10.5. The van der Waals surface area contributed by atoms with Crippen LogP contribution in [0.2, 0.25) is 0 Å². The second-order valence-electron chi connectivity index (χ2n) is 3.78. The maximum Gasteiger partial charge on any atom is 0.171 e. The van der Waals surface area contributed by atoms with E-state index >= 15 is 0 Å². The van der Waals surface area contributed by atoms with Gasteiger partial charge in [-0.25, -0.2) is 9.50 Å². The number of rotatable bonds is 1. The third-order valence-corrected chi connectivity index (χ3v) is 3.18. The van der Waals surface area contributed by atoms with Crippen molar-refractivity contribution >= 4 is 21.6 Å². The number of nitrogens with zero attached hydrogens (tertiary/aromatic N) is 4. The summed E-state index contributed by atoms with van der Waals surface area (Å²) in [6, 6.07) is 6.09. The second kappa shape index (κ2) is 2.80. The van der Waals surface area contributed by atoms with E-state index in [0.717, 1.165) is 23.0 Å². The predicted octanol–water partition coefficient (Wildman–Crippen LogP) is 2.05. The van der Waals surface area contributed by atoms with Crippen molar-refractivity contribution in [3.05, 3.63) is 28.6 Å². The number of hydrogen-bond acceptors (Lipinski definition) is 3. The Balaban J connectivity index is 2.19. The number of halogens is 1. The van der Waals surface area contributed by atoms with E-state index in [1.54, 1.807) is 4.52 Å². The summed E-state index contributed by atoms with van der Waals surface area (Å²) < 4.78 is 2.67. The molecule has 0 spiro atoms. The number of aromatic nitrogens is 3. The van der Waals surface area contributed by atoms with E-state index in [-0.39, 0.29) is 0 Å². The van der Waals surface area contributed by atoms with Gasteiger partial charge >= 0.3 is 0 Å². The Morgan fingerprint density at radius 2 is 2.33 bits per heavy atom. The van der Waals surface area contributed by atoms with E-state index < -0.39 is 5.41 Å². The topological polar surface area (TPSA) is 54.0 Å². The Labute approximate surface area is 94.7 Å². The third kappa shape index (κ3) is 1.25. The minimum atomic E-state index is -0.404. The highest BCUT2D eigenvalue weighted by molar-refractivity contribution is 9.10. The van der Waals surface area contributed by atoms with Crippen molar-refractivity contribution < 1.29 is 0 Å². The van der Waals surface area contributed by atoms with Gasteiger partial charge in [-0.2, -0.15) is 5.26 Å². The molecule has 0 aliphatic heterocycles. The largest absolute Gasteiger partial charge is 0.221 e. The van der Waals surface area contributed by atoms with E-state index in [2.05, 4.69) is 32.1 Å². The molecule has 0 aromatic carbocycles. The van der Waals surface area contributed by atoms with Gasteiger partial charge in [0.2, 0.25) is 0 Å². The van der Waals surface area contributed by atoms with E-state index in [0.29, 0.717) is 5.82 Å². The Morgan fingerprint density at radius 3 is 3.00 bits per heavy atom. The average Bonchev–Trinajstić information content (AvgIpc) is 2.93. The lowest BCUT2D eigenvalue weighted by Crippen LogP contribution is -2.05. The van der Waals surface area contributed by atoms with Crippen LogP contribution in [-0.4, -0.2) is 14.6 Å².